The molecule has 62 valence electrons. The highest BCUT2D eigenvalue weighted by Crippen LogP contribution is 2.12. The Balaban J connectivity index is 2.86. The van der Waals surface area contributed by atoms with E-state index in [1.54, 1.807) is 11.3 Å². The van der Waals surface area contributed by atoms with Crippen molar-refractivity contribution in [3.8, 4) is 0 Å². The van der Waals surface area contributed by atoms with Gasteiger partial charge in [0.2, 0.25) is 0 Å². The fraction of sp³-hybridized carbons (Fsp3) is 0.625. The van der Waals surface area contributed by atoms with Gasteiger partial charge in [0.25, 0.3) is 0 Å². The normalized spacial score (nSPS) is 10.9. The molecule has 0 N–H and O–H groups in total. The minimum Gasteiger partial charge on any atom is -0.330 e. The third-order valence-electron chi connectivity index (χ3n) is 1.38. The molecule has 1 rings (SSSR count). The van der Waals surface area contributed by atoms with Crippen molar-refractivity contribution < 1.29 is 0 Å². The fourth-order valence-electron chi connectivity index (χ4n) is 1.02. The molecule has 1 heterocycles. The first kappa shape index (κ1) is 8.94. The third kappa shape index (κ3) is 2.42. The van der Waals surface area contributed by atoms with Crippen LogP contribution in [0.3, 0.4) is 0 Å². The van der Waals surface area contributed by atoms with Gasteiger partial charge in [-0.25, -0.2) is 0 Å². The lowest BCUT2D eigenvalue weighted by Crippen LogP contribution is -2.02. The Kier molecular flexibility index (Phi) is 2.84. The van der Waals surface area contributed by atoms with Gasteiger partial charge >= 0.3 is 0 Å². The van der Waals surface area contributed by atoms with Crippen molar-refractivity contribution in [2.24, 2.45) is 5.92 Å². The molecule has 0 atom stereocenters. The van der Waals surface area contributed by atoms with Crippen LogP contribution >= 0.6 is 23.6 Å². The first-order valence-corrected chi connectivity index (χ1v) is 4.99. The zero-order valence-corrected chi connectivity index (χ0v) is 8.76. The Hall–Kier alpha value is -0.150. The van der Waals surface area contributed by atoms with E-state index < -0.39 is 0 Å². The second-order valence-corrected chi connectivity index (χ2v) is 5.03. The zero-order chi connectivity index (χ0) is 8.43. The molecular weight excluding hydrogens is 174 g/mol. The van der Waals surface area contributed by atoms with Gasteiger partial charge in [0.1, 0.15) is 0 Å². The highest BCUT2D eigenvalue weighted by molar-refractivity contribution is 7.73. The molecular formula is C8H13NS2. The number of hydrogen-bond donors (Lipinski definition) is 0. The summed E-state index contributed by atoms with van der Waals surface area (Å²) < 4.78 is 3.15. The van der Waals surface area contributed by atoms with Gasteiger partial charge in [-0.05, 0) is 25.1 Å². The Morgan fingerprint density at radius 3 is 2.64 bits per heavy atom. The molecule has 0 unspecified atom stereocenters. The second-order valence-electron chi connectivity index (χ2n) is 3.15. The lowest BCUT2D eigenvalue weighted by atomic mass is 10.2. The summed E-state index contributed by atoms with van der Waals surface area (Å²) >= 11 is 6.86. The summed E-state index contributed by atoms with van der Waals surface area (Å²) in [6, 6.07) is 0. The van der Waals surface area contributed by atoms with Gasteiger partial charge in [-0.2, -0.15) is 0 Å². The SMILES string of the molecule is Cc1cn(CC(C)C)c(=S)s1. The average Bonchev–Trinajstić information content (AvgIpc) is 2.09. The lowest BCUT2D eigenvalue weighted by Gasteiger charge is -2.04. The smallest absolute Gasteiger partial charge is 0.161 e. The monoisotopic (exact) mass is 187 g/mol. The van der Waals surface area contributed by atoms with E-state index in [1.165, 1.54) is 4.88 Å². The Morgan fingerprint density at radius 2 is 2.27 bits per heavy atom. The fourth-order valence-corrected chi connectivity index (χ4v) is 2.24. The molecule has 11 heavy (non-hydrogen) atoms. The van der Waals surface area contributed by atoms with Crippen molar-refractivity contribution in [3.63, 3.8) is 0 Å². The van der Waals surface area contributed by atoms with Gasteiger partial charge in [0.05, 0.1) is 0 Å². The molecule has 0 saturated heterocycles. The van der Waals surface area contributed by atoms with Crippen LogP contribution in [0.5, 0.6) is 0 Å². The van der Waals surface area contributed by atoms with Crippen molar-refractivity contribution in [3.05, 3.63) is 15.0 Å². The van der Waals surface area contributed by atoms with E-state index in [4.69, 9.17) is 12.2 Å². The summed E-state index contributed by atoms with van der Waals surface area (Å²) in [5.41, 5.74) is 0. The van der Waals surface area contributed by atoms with Crippen LogP contribution < -0.4 is 0 Å². The molecule has 1 aromatic heterocycles. The molecule has 3 heteroatoms. The number of hydrogen-bond acceptors (Lipinski definition) is 2. The number of nitrogens with zero attached hydrogens (tertiary/aromatic N) is 1. The van der Waals surface area contributed by atoms with Gasteiger partial charge < -0.3 is 4.57 Å². The molecule has 0 amide bonds. The zero-order valence-electron chi connectivity index (χ0n) is 7.13. The van der Waals surface area contributed by atoms with Gasteiger partial charge in [-0.15, -0.1) is 11.3 Å². The summed E-state index contributed by atoms with van der Waals surface area (Å²) in [6.45, 7) is 7.55. The van der Waals surface area contributed by atoms with E-state index in [1.807, 2.05) is 0 Å². The summed E-state index contributed by atoms with van der Waals surface area (Å²) in [5, 5.41) is 0. The van der Waals surface area contributed by atoms with Crippen LogP contribution in [0.2, 0.25) is 0 Å². The second kappa shape index (κ2) is 3.50. The van der Waals surface area contributed by atoms with E-state index >= 15 is 0 Å². The van der Waals surface area contributed by atoms with Crippen LogP contribution in [0.4, 0.5) is 0 Å². The molecule has 0 radical (unpaired) electrons. The topological polar surface area (TPSA) is 4.93 Å². The predicted molar refractivity (Wildman–Crippen MR) is 52.7 cm³/mol. The van der Waals surface area contributed by atoms with Crippen molar-refractivity contribution in [2.75, 3.05) is 0 Å². The van der Waals surface area contributed by atoms with Gasteiger partial charge in [0, 0.05) is 17.6 Å². The molecule has 1 aromatic rings. The van der Waals surface area contributed by atoms with E-state index in [2.05, 4.69) is 31.5 Å². The summed E-state index contributed by atoms with van der Waals surface area (Å²) in [4.78, 5) is 1.30. The molecule has 0 spiro atoms. The van der Waals surface area contributed by atoms with E-state index in [0.717, 1.165) is 10.5 Å². The third-order valence-corrected chi connectivity index (χ3v) is 2.70. The van der Waals surface area contributed by atoms with E-state index in [9.17, 15) is 0 Å². The first-order valence-electron chi connectivity index (χ1n) is 3.76. The molecule has 0 aliphatic rings. The highest BCUT2D eigenvalue weighted by atomic mass is 32.1. The van der Waals surface area contributed by atoms with Gasteiger partial charge in [0.15, 0.2) is 3.95 Å². The molecule has 0 bridgehead atoms. The molecule has 0 aromatic carbocycles. The van der Waals surface area contributed by atoms with Crippen LogP contribution in [0.1, 0.15) is 18.7 Å². The Morgan fingerprint density at radius 1 is 1.64 bits per heavy atom. The van der Waals surface area contributed by atoms with Crippen LogP contribution in [0.15, 0.2) is 6.20 Å². The minimum atomic E-state index is 0.677. The maximum absolute atomic E-state index is 5.17. The predicted octanol–water partition coefficient (Wildman–Crippen LogP) is 3.24. The molecule has 0 aliphatic carbocycles. The Labute approximate surface area is 76.7 Å². The van der Waals surface area contributed by atoms with Gasteiger partial charge in [-0.3, -0.25) is 0 Å². The van der Waals surface area contributed by atoms with Crippen molar-refractivity contribution in [2.45, 2.75) is 27.3 Å². The number of rotatable bonds is 2. The minimum absolute atomic E-state index is 0.677. The first-order chi connectivity index (χ1) is 5.09. The van der Waals surface area contributed by atoms with E-state index in [-0.39, 0.29) is 0 Å². The number of aromatic nitrogens is 1. The van der Waals surface area contributed by atoms with Crippen molar-refractivity contribution in [1.29, 1.82) is 0 Å². The average molecular weight is 187 g/mol. The molecule has 0 aliphatic heterocycles. The maximum Gasteiger partial charge on any atom is 0.161 e. The maximum atomic E-state index is 5.17. The van der Waals surface area contributed by atoms with Gasteiger partial charge in [-0.1, -0.05) is 13.8 Å². The molecule has 1 nitrogen and oxygen atoms in total. The number of thiazole rings is 1. The quantitative estimate of drug-likeness (QED) is 0.643. The van der Waals surface area contributed by atoms with Crippen LogP contribution in [-0.2, 0) is 6.54 Å². The standard InChI is InChI=1S/C8H13NS2/c1-6(2)4-9-5-7(3)11-8(9)10/h5-6H,4H2,1-3H3. The van der Waals surface area contributed by atoms with Crippen LogP contribution in [-0.4, -0.2) is 4.57 Å². The summed E-state index contributed by atoms with van der Waals surface area (Å²) in [5.74, 6) is 0.677. The van der Waals surface area contributed by atoms with Crippen molar-refractivity contribution >= 4 is 23.6 Å². The highest BCUT2D eigenvalue weighted by Gasteiger charge is 1.99. The Bertz CT molecular complexity index is 283. The summed E-state index contributed by atoms with van der Waals surface area (Å²) in [6.07, 6.45) is 2.13. The molecule has 0 saturated carbocycles. The lowest BCUT2D eigenvalue weighted by molar-refractivity contribution is 0.522. The van der Waals surface area contributed by atoms with Crippen LogP contribution in [0, 0.1) is 16.8 Å². The van der Waals surface area contributed by atoms with E-state index in [0.29, 0.717) is 5.92 Å². The summed E-state index contributed by atoms with van der Waals surface area (Å²) in [7, 11) is 0. The number of aryl methyl sites for hydroxylation is 1. The largest absolute Gasteiger partial charge is 0.330 e. The van der Waals surface area contributed by atoms with Crippen LogP contribution in [0.25, 0.3) is 0 Å². The van der Waals surface area contributed by atoms with Crippen molar-refractivity contribution in [1.82, 2.24) is 4.57 Å². The molecule has 0 fully saturated rings.